The molecule has 0 radical (unpaired) electrons. The molecule has 0 aliphatic rings. The molecule has 3 heteroatoms. The van der Waals surface area contributed by atoms with E-state index in [1.54, 1.807) is 12.4 Å². The van der Waals surface area contributed by atoms with Gasteiger partial charge in [-0.1, -0.05) is 13.2 Å². The predicted octanol–water partition coefficient (Wildman–Crippen LogP) is 2.43. The quantitative estimate of drug-likeness (QED) is 0.718. The van der Waals surface area contributed by atoms with Crippen LogP contribution in [-0.2, 0) is 4.74 Å². The van der Waals surface area contributed by atoms with Crippen molar-refractivity contribution >= 4 is 0 Å². The van der Waals surface area contributed by atoms with Crippen LogP contribution in [0, 0.1) is 0 Å². The highest BCUT2D eigenvalue weighted by Crippen LogP contribution is 1.65. The second kappa shape index (κ2) is 18.8. The summed E-state index contributed by atoms with van der Waals surface area (Å²) in [6.45, 7) is 12.6. The van der Waals surface area contributed by atoms with Crippen LogP contribution < -0.4 is 0 Å². The second-order valence-corrected chi connectivity index (χ2v) is 3.07. The maximum atomic E-state index is 4.83. The van der Waals surface area contributed by atoms with E-state index in [0.717, 1.165) is 13.2 Å². The van der Waals surface area contributed by atoms with Crippen molar-refractivity contribution in [3.63, 3.8) is 0 Å². The van der Waals surface area contributed by atoms with Crippen molar-refractivity contribution < 1.29 is 4.74 Å². The monoisotopic (exact) mass is 216 g/mol. The van der Waals surface area contributed by atoms with Crippen molar-refractivity contribution in [3.8, 4) is 0 Å². The molecule has 0 spiro atoms. The Kier molecular flexibility index (Phi) is 24.5. The molecule has 3 nitrogen and oxygen atoms in total. The molecule has 0 saturated heterocycles. The third-order valence-corrected chi connectivity index (χ3v) is 1.14. The van der Waals surface area contributed by atoms with Gasteiger partial charge in [0.15, 0.2) is 0 Å². The van der Waals surface area contributed by atoms with Crippen molar-refractivity contribution in [1.82, 2.24) is 9.80 Å². The van der Waals surface area contributed by atoms with E-state index in [1.807, 2.05) is 51.8 Å². The normalized spacial score (nSPS) is 7.33. The molecule has 15 heavy (non-hydrogen) atoms. The number of hydrogen-bond donors (Lipinski definition) is 0. The van der Waals surface area contributed by atoms with Gasteiger partial charge in [0, 0.05) is 41.4 Å². The third kappa shape index (κ3) is 62.6. The molecule has 0 aromatic heterocycles. The summed E-state index contributed by atoms with van der Waals surface area (Å²) in [6.07, 6.45) is 3.50. The molecule has 0 unspecified atom stereocenters. The first kappa shape index (κ1) is 19.6. The summed E-state index contributed by atoms with van der Waals surface area (Å²) in [6, 6.07) is 0. The van der Waals surface area contributed by atoms with Crippen molar-refractivity contribution in [2.75, 3.05) is 41.4 Å². The minimum atomic E-state index is 0.844. The van der Waals surface area contributed by atoms with Crippen molar-refractivity contribution in [2.45, 2.75) is 13.8 Å². The lowest BCUT2D eigenvalue weighted by Gasteiger charge is -1.98. The molecule has 0 aromatic rings. The Balaban J connectivity index is -0.000000144. The van der Waals surface area contributed by atoms with Gasteiger partial charge in [-0.15, -0.1) is 0 Å². The van der Waals surface area contributed by atoms with Gasteiger partial charge in [0.25, 0.3) is 0 Å². The van der Waals surface area contributed by atoms with E-state index in [2.05, 4.69) is 13.2 Å². The van der Waals surface area contributed by atoms with Crippen molar-refractivity contribution in [1.29, 1.82) is 0 Å². The van der Waals surface area contributed by atoms with Crippen LogP contribution in [0.2, 0.25) is 0 Å². The summed E-state index contributed by atoms with van der Waals surface area (Å²) in [5.74, 6) is 0. The second-order valence-electron chi connectivity index (χ2n) is 3.07. The van der Waals surface area contributed by atoms with E-state index in [4.69, 9.17) is 4.74 Å². The van der Waals surface area contributed by atoms with Gasteiger partial charge in [0.05, 0.1) is 0 Å². The summed E-state index contributed by atoms with van der Waals surface area (Å²) in [4.78, 5) is 3.78. The lowest BCUT2D eigenvalue weighted by molar-refractivity contribution is 0.162. The van der Waals surface area contributed by atoms with E-state index < -0.39 is 0 Å². The highest BCUT2D eigenvalue weighted by atomic mass is 16.5. The predicted molar refractivity (Wildman–Crippen MR) is 69.9 cm³/mol. The van der Waals surface area contributed by atoms with E-state index in [0.29, 0.717) is 0 Å². The lowest BCUT2D eigenvalue weighted by Crippen LogP contribution is -1.97. The maximum Gasteiger partial charge on any atom is 0.0437 e. The Morgan fingerprint density at radius 1 is 0.867 bits per heavy atom. The first-order valence-corrected chi connectivity index (χ1v) is 5.11. The molecule has 0 saturated carbocycles. The zero-order valence-corrected chi connectivity index (χ0v) is 11.3. The fourth-order valence-electron chi connectivity index (χ4n) is 0.204. The fraction of sp³-hybridized carbons (Fsp3) is 0.667. The van der Waals surface area contributed by atoms with E-state index in [9.17, 15) is 0 Å². The third-order valence-electron chi connectivity index (χ3n) is 1.14. The van der Waals surface area contributed by atoms with Crippen molar-refractivity contribution in [2.24, 2.45) is 0 Å². The van der Waals surface area contributed by atoms with E-state index >= 15 is 0 Å². The highest BCUT2D eigenvalue weighted by molar-refractivity contribution is 4.59. The van der Waals surface area contributed by atoms with Crippen LogP contribution in [-0.4, -0.2) is 51.2 Å². The summed E-state index contributed by atoms with van der Waals surface area (Å²) >= 11 is 0. The van der Waals surface area contributed by atoms with E-state index in [-0.39, 0.29) is 0 Å². The molecule has 0 rings (SSSR count). The molecule has 0 bridgehead atoms. The van der Waals surface area contributed by atoms with Gasteiger partial charge in [0.1, 0.15) is 0 Å². The molecule has 0 amide bonds. The molecular formula is C12H28N2O. The minimum absolute atomic E-state index is 0.844. The molecule has 0 atom stereocenters. The SMILES string of the molecule is C=CN(C)C.C=CN(C)C.CCOCC. The summed E-state index contributed by atoms with van der Waals surface area (Å²) in [5.41, 5.74) is 0. The number of hydrogen-bond acceptors (Lipinski definition) is 3. The van der Waals surface area contributed by atoms with Crippen LogP contribution in [0.25, 0.3) is 0 Å². The van der Waals surface area contributed by atoms with Gasteiger partial charge < -0.3 is 14.5 Å². The largest absolute Gasteiger partial charge is 0.384 e. The van der Waals surface area contributed by atoms with Crippen LogP contribution in [0.15, 0.2) is 25.6 Å². The Morgan fingerprint density at radius 2 is 1.07 bits per heavy atom. The highest BCUT2D eigenvalue weighted by Gasteiger charge is 1.64. The number of rotatable bonds is 4. The zero-order chi connectivity index (χ0) is 12.7. The van der Waals surface area contributed by atoms with Crippen LogP contribution in [0.3, 0.4) is 0 Å². The molecule has 0 fully saturated rings. The molecule has 0 aliphatic heterocycles. The Labute approximate surface area is 96.0 Å². The first-order chi connectivity index (χ1) is 6.95. The van der Waals surface area contributed by atoms with E-state index in [1.165, 1.54) is 0 Å². The molecule has 0 aliphatic carbocycles. The summed E-state index contributed by atoms with van der Waals surface area (Å²) in [5, 5.41) is 0. The standard InChI is InChI=1S/2C4H9N.C4H10O/c2*1-4-5(2)3;1-3-5-4-2/h2*4H,1H2,2-3H3;3-4H2,1-2H3. The molecule has 92 valence electrons. The lowest BCUT2D eigenvalue weighted by atomic mass is 10.8. The topological polar surface area (TPSA) is 15.7 Å². The summed E-state index contributed by atoms with van der Waals surface area (Å²) in [7, 11) is 7.75. The number of ether oxygens (including phenoxy) is 1. The zero-order valence-electron chi connectivity index (χ0n) is 11.3. The van der Waals surface area contributed by atoms with Crippen LogP contribution in [0.4, 0.5) is 0 Å². The molecule has 0 aromatic carbocycles. The fourth-order valence-corrected chi connectivity index (χ4v) is 0.204. The first-order valence-electron chi connectivity index (χ1n) is 5.11. The smallest absolute Gasteiger partial charge is 0.0437 e. The van der Waals surface area contributed by atoms with Gasteiger partial charge in [-0.25, -0.2) is 0 Å². The molecule has 0 N–H and O–H groups in total. The van der Waals surface area contributed by atoms with Gasteiger partial charge in [-0.3, -0.25) is 0 Å². The van der Waals surface area contributed by atoms with Crippen molar-refractivity contribution in [3.05, 3.63) is 25.6 Å². The van der Waals surface area contributed by atoms with Gasteiger partial charge in [0.2, 0.25) is 0 Å². The van der Waals surface area contributed by atoms with Gasteiger partial charge in [-0.05, 0) is 26.2 Å². The Hall–Kier alpha value is -0.960. The summed E-state index contributed by atoms with van der Waals surface area (Å²) < 4.78 is 4.83. The maximum absolute atomic E-state index is 4.83. The molecule has 0 heterocycles. The average Bonchev–Trinajstić information content (AvgIpc) is 2.20. The molecular weight excluding hydrogens is 188 g/mol. The minimum Gasteiger partial charge on any atom is -0.384 e. The van der Waals surface area contributed by atoms with Gasteiger partial charge >= 0.3 is 0 Å². The Bertz CT molecular complexity index is 109. The van der Waals surface area contributed by atoms with Crippen LogP contribution in [0.5, 0.6) is 0 Å². The average molecular weight is 216 g/mol. The Morgan fingerprint density at radius 3 is 1.07 bits per heavy atom. The number of nitrogens with zero attached hydrogens (tertiary/aromatic N) is 2. The van der Waals surface area contributed by atoms with Crippen LogP contribution in [0.1, 0.15) is 13.8 Å². The van der Waals surface area contributed by atoms with Crippen LogP contribution >= 0.6 is 0 Å². The van der Waals surface area contributed by atoms with Gasteiger partial charge in [-0.2, -0.15) is 0 Å².